The molecule has 0 saturated heterocycles. The number of furan rings is 1. The molecule has 124 valence electrons. The molecule has 27 heavy (non-hydrogen) atoms. The van der Waals surface area contributed by atoms with Crippen LogP contribution in [0.1, 0.15) is 0 Å². The first-order valence-electron chi connectivity index (χ1n) is 9.24. The van der Waals surface area contributed by atoms with E-state index in [2.05, 4.69) is 60.7 Å². The molecule has 0 fully saturated rings. The number of rotatable bonds is 0. The fraction of sp³-hybridized carbons (Fsp3) is 0. The summed E-state index contributed by atoms with van der Waals surface area (Å²) in [5.41, 5.74) is 8.14. The summed E-state index contributed by atoms with van der Waals surface area (Å²) in [6, 6.07) is 27.6. The van der Waals surface area contributed by atoms with Gasteiger partial charge in [-0.15, -0.1) is 0 Å². The molecule has 0 atom stereocenters. The molecule has 0 aliphatic carbocycles. The summed E-state index contributed by atoms with van der Waals surface area (Å²) in [6.45, 7) is 0.203. The molecule has 2 aliphatic heterocycles. The highest BCUT2D eigenvalue weighted by molar-refractivity contribution is 7.00. The summed E-state index contributed by atoms with van der Waals surface area (Å²) in [4.78, 5) is 0. The maximum atomic E-state index is 6.45. The molecule has 0 spiro atoms. The van der Waals surface area contributed by atoms with Crippen molar-refractivity contribution in [1.82, 2.24) is 0 Å². The zero-order chi connectivity index (χ0) is 17.5. The molecule has 2 aliphatic rings. The van der Waals surface area contributed by atoms with Crippen molar-refractivity contribution in [2.24, 2.45) is 0 Å². The largest absolute Gasteiger partial charge is 0.454 e. The van der Waals surface area contributed by atoms with Gasteiger partial charge in [0.15, 0.2) is 11.3 Å². The molecular formula is C24H13BO2. The van der Waals surface area contributed by atoms with Crippen molar-refractivity contribution < 1.29 is 9.15 Å². The lowest BCUT2D eigenvalue weighted by Crippen LogP contribution is -2.51. The normalized spacial score (nSPS) is 13.4. The molecule has 2 nitrogen and oxygen atoms in total. The van der Waals surface area contributed by atoms with Crippen LogP contribution >= 0.6 is 0 Å². The van der Waals surface area contributed by atoms with Crippen LogP contribution in [0.25, 0.3) is 33.1 Å². The van der Waals surface area contributed by atoms with Crippen LogP contribution in [0.15, 0.2) is 83.3 Å². The molecule has 3 heterocycles. The maximum Gasteiger partial charge on any atom is 0.252 e. The second kappa shape index (κ2) is 4.63. The molecule has 7 rings (SSSR count). The topological polar surface area (TPSA) is 22.4 Å². The first kappa shape index (κ1) is 13.7. The lowest BCUT2D eigenvalue weighted by molar-refractivity contribution is 0.481. The van der Waals surface area contributed by atoms with Crippen LogP contribution in [0.3, 0.4) is 0 Å². The monoisotopic (exact) mass is 344 g/mol. The van der Waals surface area contributed by atoms with Gasteiger partial charge in [-0.1, -0.05) is 72.2 Å². The minimum atomic E-state index is 0.203. The van der Waals surface area contributed by atoms with E-state index in [9.17, 15) is 0 Å². The van der Waals surface area contributed by atoms with E-state index in [1.807, 2.05) is 18.2 Å². The van der Waals surface area contributed by atoms with Crippen LogP contribution in [0.4, 0.5) is 0 Å². The Kier molecular flexibility index (Phi) is 2.35. The van der Waals surface area contributed by atoms with Crippen LogP contribution in [0, 0.1) is 0 Å². The van der Waals surface area contributed by atoms with Gasteiger partial charge in [0.05, 0.1) is 0 Å². The Bertz CT molecular complexity index is 1410. The number of para-hydroxylation sites is 1. The summed E-state index contributed by atoms with van der Waals surface area (Å²) in [7, 11) is 0. The van der Waals surface area contributed by atoms with Crippen LogP contribution in [-0.4, -0.2) is 6.71 Å². The quantitative estimate of drug-likeness (QED) is 0.385. The van der Waals surface area contributed by atoms with Gasteiger partial charge in [-0.2, -0.15) is 0 Å². The van der Waals surface area contributed by atoms with Gasteiger partial charge >= 0.3 is 0 Å². The Morgan fingerprint density at radius 2 is 1.48 bits per heavy atom. The Morgan fingerprint density at radius 1 is 0.630 bits per heavy atom. The van der Waals surface area contributed by atoms with Crippen molar-refractivity contribution in [3.8, 4) is 22.6 Å². The van der Waals surface area contributed by atoms with Crippen molar-refractivity contribution in [2.75, 3.05) is 0 Å². The third kappa shape index (κ3) is 1.58. The van der Waals surface area contributed by atoms with E-state index in [1.165, 1.54) is 27.5 Å². The van der Waals surface area contributed by atoms with E-state index in [0.717, 1.165) is 33.4 Å². The molecule has 0 saturated carbocycles. The average Bonchev–Trinajstić information content (AvgIpc) is 3.26. The highest BCUT2D eigenvalue weighted by Gasteiger charge is 2.41. The van der Waals surface area contributed by atoms with Gasteiger partial charge in [0.1, 0.15) is 11.3 Å². The number of ether oxygens (including phenoxy) is 1. The van der Waals surface area contributed by atoms with Crippen LogP contribution in [0.5, 0.6) is 11.5 Å². The Morgan fingerprint density at radius 3 is 2.48 bits per heavy atom. The molecule has 4 aromatic carbocycles. The van der Waals surface area contributed by atoms with E-state index in [1.54, 1.807) is 0 Å². The third-order valence-electron chi connectivity index (χ3n) is 5.97. The van der Waals surface area contributed by atoms with Crippen LogP contribution in [0.2, 0.25) is 0 Å². The average molecular weight is 344 g/mol. The van der Waals surface area contributed by atoms with Crippen molar-refractivity contribution >= 4 is 45.0 Å². The first-order chi connectivity index (χ1) is 13.4. The molecule has 0 N–H and O–H groups in total. The summed E-state index contributed by atoms with van der Waals surface area (Å²) < 4.78 is 12.7. The zero-order valence-corrected chi connectivity index (χ0v) is 14.4. The van der Waals surface area contributed by atoms with E-state index in [4.69, 9.17) is 9.15 Å². The van der Waals surface area contributed by atoms with Crippen molar-refractivity contribution in [3.05, 3.63) is 78.9 Å². The van der Waals surface area contributed by atoms with Crippen molar-refractivity contribution in [2.45, 2.75) is 0 Å². The fourth-order valence-corrected chi connectivity index (χ4v) is 4.86. The van der Waals surface area contributed by atoms with Gasteiger partial charge in [-0.3, -0.25) is 0 Å². The number of hydrogen-bond acceptors (Lipinski definition) is 2. The molecular weight excluding hydrogens is 331 g/mol. The molecule has 0 radical (unpaired) electrons. The summed E-state index contributed by atoms with van der Waals surface area (Å²) in [6.07, 6.45) is 0. The van der Waals surface area contributed by atoms with E-state index >= 15 is 0 Å². The van der Waals surface area contributed by atoms with Gasteiger partial charge in [-0.25, -0.2) is 0 Å². The standard InChI is InChI=1S/C24H13BO2/c1-3-9-18-14(6-1)16-8-5-11-21-22(16)25(18)19-13-12-17-15-7-2-4-10-20(15)26-23(17)24(19)27-21/h1-13H. The molecule has 3 heteroatoms. The van der Waals surface area contributed by atoms with Crippen LogP contribution < -0.4 is 21.1 Å². The highest BCUT2D eigenvalue weighted by Crippen LogP contribution is 2.40. The van der Waals surface area contributed by atoms with Gasteiger partial charge < -0.3 is 9.15 Å². The van der Waals surface area contributed by atoms with Gasteiger partial charge in [-0.05, 0) is 34.2 Å². The summed E-state index contributed by atoms with van der Waals surface area (Å²) in [5, 5.41) is 2.24. The lowest BCUT2D eigenvalue weighted by atomic mass is 9.38. The van der Waals surface area contributed by atoms with Crippen molar-refractivity contribution in [1.29, 1.82) is 0 Å². The van der Waals surface area contributed by atoms with Crippen LogP contribution in [-0.2, 0) is 0 Å². The molecule has 5 aromatic rings. The predicted octanol–water partition coefficient (Wildman–Crippen LogP) is 4.19. The zero-order valence-electron chi connectivity index (χ0n) is 14.4. The summed E-state index contributed by atoms with van der Waals surface area (Å²) in [5.74, 6) is 1.80. The first-order valence-corrected chi connectivity index (χ1v) is 9.24. The third-order valence-corrected chi connectivity index (χ3v) is 5.97. The van der Waals surface area contributed by atoms with Gasteiger partial charge in [0, 0.05) is 10.8 Å². The Balaban J connectivity index is 1.62. The number of hydrogen-bond donors (Lipinski definition) is 0. The fourth-order valence-electron chi connectivity index (χ4n) is 4.86. The number of benzene rings is 4. The summed E-state index contributed by atoms with van der Waals surface area (Å²) >= 11 is 0. The van der Waals surface area contributed by atoms with E-state index < -0.39 is 0 Å². The van der Waals surface area contributed by atoms with Crippen molar-refractivity contribution in [3.63, 3.8) is 0 Å². The highest BCUT2D eigenvalue weighted by atomic mass is 16.5. The van der Waals surface area contributed by atoms with E-state index in [0.29, 0.717) is 0 Å². The minimum Gasteiger partial charge on any atom is -0.454 e. The lowest BCUT2D eigenvalue weighted by Gasteiger charge is -2.24. The SMILES string of the molecule is c1ccc2c(c1)B1c3ccc4c(oc5ccccc54)c3Oc3cccc-2c31. The maximum absolute atomic E-state index is 6.45. The second-order valence-electron chi connectivity index (χ2n) is 7.30. The van der Waals surface area contributed by atoms with E-state index in [-0.39, 0.29) is 6.71 Å². The smallest absolute Gasteiger partial charge is 0.252 e. The second-order valence-corrected chi connectivity index (χ2v) is 7.30. The Hall–Kier alpha value is -3.46. The minimum absolute atomic E-state index is 0.203. The van der Waals surface area contributed by atoms with Gasteiger partial charge in [0.2, 0.25) is 0 Å². The molecule has 0 bridgehead atoms. The predicted molar refractivity (Wildman–Crippen MR) is 110 cm³/mol. The molecule has 0 amide bonds. The number of fused-ring (bicyclic) bond motifs is 9. The molecule has 1 aromatic heterocycles. The molecule has 0 unspecified atom stereocenters. The Labute approximate surface area is 156 Å². The van der Waals surface area contributed by atoms with Gasteiger partial charge in [0.25, 0.3) is 6.71 Å².